The van der Waals surface area contributed by atoms with Crippen molar-refractivity contribution in [3.63, 3.8) is 0 Å². The van der Waals surface area contributed by atoms with Gasteiger partial charge in [-0.25, -0.2) is 0 Å². The number of ether oxygens (including phenoxy) is 3. The Morgan fingerprint density at radius 3 is 2.69 bits per heavy atom. The number of carbonyl (C=O) groups excluding carboxylic acids is 1. The van der Waals surface area contributed by atoms with E-state index in [1.54, 1.807) is 39.1 Å². The molecule has 2 aromatic heterocycles. The van der Waals surface area contributed by atoms with Gasteiger partial charge < -0.3 is 28.8 Å². The average Bonchev–Trinajstić information content (AvgIpc) is 3.52. The number of amides is 1. The Morgan fingerprint density at radius 1 is 1.11 bits per heavy atom. The van der Waals surface area contributed by atoms with E-state index < -0.39 is 0 Å². The lowest BCUT2D eigenvalue weighted by Crippen LogP contribution is -2.20. The molecule has 2 aromatic carbocycles. The van der Waals surface area contributed by atoms with Gasteiger partial charge in [0.2, 0.25) is 0 Å². The van der Waals surface area contributed by atoms with E-state index in [1.165, 1.54) is 11.9 Å². The van der Waals surface area contributed by atoms with Gasteiger partial charge in [0.25, 0.3) is 5.91 Å². The molecule has 10 nitrogen and oxygen atoms in total. The second-order valence-electron chi connectivity index (χ2n) is 7.53. The minimum atomic E-state index is -0.321. The Morgan fingerprint density at radius 2 is 1.94 bits per heavy atom. The summed E-state index contributed by atoms with van der Waals surface area (Å²) < 4.78 is 27.0. The molecule has 0 atom stereocenters. The van der Waals surface area contributed by atoms with Crippen molar-refractivity contribution in [1.82, 2.24) is 20.3 Å². The molecular weight excluding hydrogens is 482 g/mol. The highest BCUT2D eigenvalue weighted by molar-refractivity contribution is 8.00. The van der Waals surface area contributed by atoms with Crippen LogP contribution in [0.3, 0.4) is 0 Å². The molecule has 0 bridgehead atoms. The number of aromatic nitrogens is 3. The van der Waals surface area contributed by atoms with Crippen molar-refractivity contribution < 1.29 is 23.5 Å². The Hall–Kier alpha value is -4.30. The molecule has 0 aliphatic rings. The van der Waals surface area contributed by atoms with Crippen LogP contribution in [0, 0.1) is 11.8 Å². The van der Waals surface area contributed by atoms with Gasteiger partial charge in [-0.05, 0) is 60.7 Å². The first-order valence-corrected chi connectivity index (χ1v) is 11.7. The molecule has 1 amide bonds. The summed E-state index contributed by atoms with van der Waals surface area (Å²) in [7, 11) is 4.82. The van der Waals surface area contributed by atoms with Crippen LogP contribution in [0.4, 0.5) is 5.82 Å². The first-order valence-electron chi connectivity index (χ1n) is 10.9. The third kappa shape index (κ3) is 5.67. The van der Waals surface area contributed by atoms with E-state index in [4.69, 9.17) is 18.7 Å². The first-order chi connectivity index (χ1) is 17.5. The maximum Gasteiger partial charge on any atom is 0.296 e. The summed E-state index contributed by atoms with van der Waals surface area (Å²) >= 11 is 1.33. The molecule has 0 fully saturated rings. The average molecular weight is 508 g/mol. The smallest absolute Gasteiger partial charge is 0.296 e. The van der Waals surface area contributed by atoms with E-state index in [0.29, 0.717) is 41.7 Å². The fraction of sp³-hybridized carbons (Fsp3) is 0.240. The lowest BCUT2D eigenvalue weighted by molar-refractivity contribution is -0.115. The molecule has 0 unspecified atom stereocenters. The number of nitrogens with zero attached hydrogens (tertiary/aromatic N) is 3. The largest absolute Gasteiger partial charge is 0.497 e. The number of carbonyl (C=O) groups is 1. The second kappa shape index (κ2) is 11.4. The highest BCUT2D eigenvalue weighted by atomic mass is 32.2. The number of hydrogen-bond acceptors (Lipinski definition) is 9. The van der Waals surface area contributed by atoms with E-state index >= 15 is 0 Å². The Kier molecular flexibility index (Phi) is 7.87. The molecule has 0 radical (unpaired) electrons. The van der Waals surface area contributed by atoms with Crippen LogP contribution in [0.25, 0.3) is 11.0 Å². The predicted octanol–water partition coefficient (Wildman–Crippen LogP) is 3.86. The van der Waals surface area contributed by atoms with Crippen LogP contribution >= 0.6 is 11.9 Å². The van der Waals surface area contributed by atoms with Crippen molar-refractivity contribution in [2.75, 3.05) is 26.1 Å². The molecular formula is C25H25N5O5S. The van der Waals surface area contributed by atoms with Crippen LogP contribution in [-0.4, -0.2) is 42.2 Å². The minimum Gasteiger partial charge on any atom is -0.497 e. The van der Waals surface area contributed by atoms with Crippen molar-refractivity contribution in [1.29, 1.82) is 0 Å². The maximum absolute atomic E-state index is 11.5. The van der Waals surface area contributed by atoms with Crippen LogP contribution in [0.1, 0.15) is 18.1 Å². The highest BCUT2D eigenvalue weighted by Gasteiger charge is 2.17. The Labute approximate surface area is 212 Å². The number of anilines is 1. The lowest BCUT2D eigenvalue weighted by atomic mass is 10.1. The zero-order valence-electron chi connectivity index (χ0n) is 20.2. The number of methoxy groups -OCH3 is 3. The van der Waals surface area contributed by atoms with Crippen molar-refractivity contribution in [3.05, 3.63) is 53.9 Å². The van der Waals surface area contributed by atoms with Gasteiger partial charge in [-0.1, -0.05) is 11.1 Å². The molecule has 0 saturated carbocycles. The van der Waals surface area contributed by atoms with Gasteiger partial charge in [-0.2, -0.15) is 5.10 Å². The van der Waals surface area contributed by atoms with Crippen molar-refractivity contribution in [2.24, 2.45) is 0 Å². The summed E-state index contributed by atoms with van der Waals surface area (Å²) in [5, 5.41) is 12.0. The molecule has 2 heterocycles. The highest BCUT2D eigenvalue weighted by Crippen LogP contribution is 2.38. The number of fused-ring (bicyclic) bond motifs is 1. The van der Waals surface area contributed by atoms with Gasteiger partial charge in [0.05, 0.1) is 39.0 Å². The molecule has 0 saturated heterocycles. The minimum absolute atomic E-state index is 0.321. The van der Waals surface area contributed by atoms with Crippen molar-refractivity contribution >= 4 is 34.6 Å². The fourth-order valence-corrected chi connectivity index (χ4v) is 4.26. The quantitative estimate of drug-likeness (QED) is 0.244. The molecule has 0 aliphatic heterocycles. The van der Waals surface area contributed by atoms with Gasteiger partial charge in [0.1, 0.15) is 22.6 Å². The molecule has 0 aliphatic carbocycles. The fourth-order valence-electron chi connectivity index (χ4n) is 3.49. The van der Waals surface area contributed by atoms with Gasteiger partial charge in [-0.3, -0.25) is 9.48 Å². The lowest BCUT2D eigenvalue weighted by Gasteiger charge is -2.11. The summed E-state index contributed by atoms with van der Waals surface area (Å²) in [4.78, 5) is 12.4. The van der Waals surface area contributed by atoms with Crippen LogP contribution in [-0.2, 0) is 17.9 Å². The number of hydrogen-bond donors (Lipinski definition) is 2. The summed E-state index contributed by atoms with van der Waals surface area (Å²) in [5.74, 6) is 7.25. The predicted molar refractivity (Wildman–Crippen MR) is 136 cm³/mol. The number of benzene rings is 2. The molecule has 11 heteroatoms. The van der Waals surface area contributed by atoms with Gasteiger partial charge >= 0.3 is 0 Å². The zero-order valence-corrected chi connectivity index (χ0v) is 21.1. The standard InChI is InChI=1S/C25H25N5O5S/c1-5-6-23(31)26-12-17-13-27-30(15-17)14-16-9-20(34-4)24-21(10-16)35-28-25(24)29-36-22-11-18(32-2)7-8-19(22)33-3/h7-11,13,15H,12,14H2,1-4H3,(H,26,31)(H,28,29). The van der Waals surface area contributed by atoms with Crippen LogP contribution in [0.2, 0.25) is 0 Å². The van der Waals surface area contributed by atoms with Gasteiger partial charge in [0.15, 0.2) is 11.4 Å². The van der Waals surface area contributed by atoms with Crippen LogP contribution in [0.15, 0.2) is 52.1 Å². The van der Waals surface area contributed by atoms with Crippen LogP contribution < -0.4 is 24.2 Å². The third-order valence-corrected chi connectivity index (χ3v) is 6.00. The summed E-state index contributed by atoms with van der Waals surface area (Å²) in [6, 6.07) is 9.35. The summed E-state index contributed by atoms with van der Waals surface area (Å²) in [6.45, 7) is 2.45. The molecule has 36 heavy (non-hydrogen) atoms. The molecule has 186 valence electrons. The van der Waals surface area contributed by atoms with E-state index in [1.807, 2.05) is 36.5 Å². The van der Waals surface area contributed by atoms with Gasteiger partial charge in [-0.15, -0.1) is 0 Å². The monoisotopic (exact) mass is 507 g/mol. The normalized spacial score (nSPS) is 10.4. The van der Waals surface area contributed by atoms with Crippen molar-refractivity contribution in [3.8, 4) is 29.1 Å². The van der Waals surface area contributed by atoms with Crippen molar-refractivity contribution in [2.45, 2.75) is 24.9 Å². The molecule has 2 N–H and O–H groups in total. The Bertz CT molecular complexity index is 1440. The topological polar surface area (TPSA) is 113 Å². The van der Waals surface area contributed by atoms with E-state index in [2.05, 4.69) is 32.1 Å². The molecule has 4 rings (SSSR count). The SMILES string of the molecule is CC#CC(=O)NCc1cnn(Cc2cc(OC)c3c(NSc4cc(OC)ccc4OC)noc3c2)c1. The van der Waals surface area contributed by atoms with E-state index in [0.717, 1.165) is 21.4 Å². The van der Waals surface area contributed by atoms with E-state index in [-0.39, 0.29) is 5.91 Å². The third-order valence-electron chi connectivity index (χ3n) is 5.17. The van der Waals surface area contributed by atoms with Gasteiger partial charge in [0, 0.05) is 18.3 Å². The van der Waals surface area contributed by atoms with Crippen LogP contribution in [0.5, 0.6) is 17.2 Å². The number of rotatable bonds is 10. The zero-order chi connectivity index (χ0) is 25.5. The second-order valence-corrected chi connectivity index (χ2v) is 8.38. The maximum atomic E-state index is 11.5. The number of nitrogens with one attached hydrogen (secondary N) is 2. The van der Waals surface area contributed by atoms with E-state index in [9.17, 15) is 4.79 Å². The molecule has 0 spiro atoms. The summed E-state index contributed by atoms with van der Waals surface area (Å²) in [5.41, 5.74) is 2.35. The first kappa shape index (κ1) is 24.8. The molecule has 4 aromatic rings. The summed E-state index contributed by atoms with van der Waals surface area (Å²) in [6.07, 6.45) is 3.57. The Balaban J connectivity index is 1.50.